The van der Waals surface area contributed by atoms with Crippen molar-refractivity contribution < 1.29 is 18.7 Å². The SMILES string of the molecule is CCOC(=O)NCCCOc1ccc(F)cc1. The maximum absolute atomic E-state index is 12.6. The zero-order valence-corrected chi connectivity index (χ0v) is 9.74. The first-order valence-electron chi connectivity index (χ1n) is 5.51. The lowest BCUT2D eigenvalue weighted by Gasteiger charge is -2.07. The van der Waals surface area contributed by atoms with Crippen LogP contribution in [0.2, 0.25) is 0 Å². The highest BCUT2D eigenvalue weighted by Crippen LogP contribution is 2.10. The van der Waals surface area contributed by atoms with Gasteiger partial charge in [0.15, 0.2) is 0 Å². The molecule has 0 aliphatic heterocycles. The molecule has 0 unspecified atom stereocenters. The van der Waals surface area contributed by atoms with E-state index in [1.54, 1.807) is 19.1 Å². The molecule has 1 rings (SSSR count). The van der Waals surface area contributed by atoms with Crippen LogP contribution in [0.5, 0.6) is 5.75 Å². The van der Waals surface area contributed by atoms with Crippen molar-refractivity contribution in [2.24, 2.45) is 0 Å². The quantitative estimate of drug-likeness (QED) is 0.778. The summed E-state index contributed by atoms with van der Waals surface area (Å²) in [5.41, 5.74) is 0. The number of ether oxygens (including phenoxy) is 2. The topological polar surface area (TPSA) is 47.6 Å². The fourth-order valence-electron chi connectivity index (χ4n) is 1.17. The van der Waals surface area contributed by atoms with Gasteiger partial charge in [0, 0.05) is 6.54 Å². The van der Waals surface area contributed by atoms with E-state index in [1.807, 2.05) is 0 Å². The molecule has 1 aromatic carbocycles. The average molecular weight is 241 g/mol. The van der Waals surface area contributed by atoms with Crippen molar-refractivity contribution in [1.29, 1.82) is 0 Å². The van der Waals surface area contributed by atoms with E-state index >= 15 is 0 Å². The highest BCUT2D eigenvalue weighted by atomic mass is 19.1. The standard InChI is InChI=1S/C12H16FNO3/c1-2-16-12(15)14-8-3-9-17-11-6-4-10(13)5-7-11/h4-7H,2-3,8-9H2,1H3,(H,14,15). The molecule has 0 saturated heterocycles. The minimum Gasteiger partial charge on any atom is -0.494 e. The van der Waals surface area contributed by atoms with Crippen molar-refractivity contribution in [3.63, 3.8) is 0 Å². The summed E-state index contributed by atoms with van der Waals surface area (Å²) >= 11 is 0. The van der Waals surface area contributed by atoms with Crippen molar-refractivity contribution >= 4 is 6.09 Å². The molecule has 5 heteroatoms. The largest absolute Gasteiger partial charge is 0.494 e. The Morgan fingerprint density at radius 1 is 1.35 bits per heavy atom. The van der Waals surface area contributed by atoms with E-state index in [1.165, 1.54) is 12.1 Å². The van der Waals surface area contributed by atoms with E-state index in [-0.39, 0.29) is 5.82 Å². The molecule has 0 atom stereocenters. The molecule has 0 heterocycles. The zero-order valence-electron chi connectivity index (χ0n) is 9.74. The summed E-state index contributed by atoms with van der Waals surface area (Å²) in [5.74, 6) is 0.323. The lowest BCUT2D eigenvalue weighted by Crippen LogP contribution is -2.26. The molecule has 0 aromatic heterocycles. The van der Waals surface area contributed by atoms with Gasteiger partial charge < -0.3 is 14.8 Å². The van der Waals surface area contributed by atoms with Crippen LogP contribution in [0.4, 0.5) is 9.18 Å². The van der Waals surface area contributed by atoms with Crippen LogP contribution < -0.4 is 10.1 Å². The van der Waals surface area contributed by atoms with E-state index < -0.39 is 6.09 Å². The van der Waals surface area contributed by atoms with Gasteiger partial charge in [0.05, 0.1) is 13.2 Å². The number of rotatable bonds is 6. The van der Waals surface area contributed by atoms with Gasteiger partial charge in [-0.1, -0.05) is 0 Å². The van der Waals surface area contributed by atoms with E-state index in [4.69, 9.17) is 4.74 Å². The highest BCUT2D eigenvalue weighted by Gasteiger charge is 1.99. The molecule has 0 spiro atoms. The number of alkyl carbamates (subject to hydrolysis) is 1. The highest BCUT2D eigenvalue weighted by molar-refractivity contribution is 5.66. The van der Waals surface area contributed by atoms with Crippen LogP contribution in [0, 0.1) is 5.82 Å². The van der Waals surface area contributed by atoms with Gasteiger partial charge in [-0.2, -0.15) is 0 Å². The normalized spacial score (nSPS) is 9.76. The van der Waals surface area contributed by atoms with E-state index in [0.29, 0.717) is 31.9 Å². The summed E-state index contributed by atoms with van der Waals surface area (Å²) in [6.07, 6.45) is 0.241. The van der Waals surface area contributed by atoms with Gasteiger partial charge in [0.1, 0.15) is 11.6 Å². The third-order valence-electron chi connectivity index (χ3n) is 1.95. The van der Waals surface area contributed by atoms with Crippen molar-refractivity contribution in [3.8, 4) is 5.75 Å². The average Bonchev–Trinajstić information content (AvgIpc) is 2.31. The minimum atomic E-state index is -0.422. The maximum atomic E-state index is 12.6. The second-order valence-corrected chi connectivity index (χ2v) is 3.30. The van der Waals surface area contributed by atoms with Crippen molar-refractivity contribution in [1.82, 2.24) is 5.32 Å². The van der Waals surface area contributed by atoms with Gasteiger partial charge in [-0.25, -0.2) is 9.18 Å². The van der Waals surface area contributed by atoms with Crippen LogP contribution in [-0.4, -0.2) is 25.9 Å². The zero-order chi connectivity index (χ0) is 12.5. The summed E-state index contributed by atoms with van der Waals surface area (Å²) in [6.45, 7) is 3.05. The predicted octanol–water partition coefficient (Wildman–Crippen LogP) is 2.34. The predicted molar refractivity (Wildman–Crippen MR) is 61.5 cm³/mol. The van der Waals surface area contributed by atoms with E-state index in [9.17, 15) is 9.18 Å². The first-order chi connectivity index (χ1) is 8.22. The Labute approximate surface area is 99.7 Å². The molecule has 94 valence electrons. The number of amides is 1. The fraction of sp³-hybridized carbons (Fsp3) is 0.417. The lowest BCUT2D eigenvalue weighted by atomic mass is 10.3. The molecule has 0 radical (unpaired) electrons. The van der Waals surface area contributed by atoms with Crippen molar-refractivity contribution in [3.05, 3.63) is 30.1 Å². The number of carbonyl (C=O) groups excluding carboxylic acids is 1. The van der Waals surface area contributed by atoms with Crippen LogP contribution in [0.25, 0.3) is 0 Å². The van der Waals surface area contributed by atoms with Gasteiger partial charge in [0.25, 0.3) is 0 Å². The summed E-state index contributed by atoms with van der Waals surface area (Å²) in [6, 6.07) is 5.81. The Morgan fingerprint density at radius 3 is 2.71 bits per heavy atom. The molecule has 4 nitrogen and oxygen atoms in total. The first-order valence-corrected chi connectivity index (χ1v) is 5.51. The Morgan fingerprint density at radius 2 is 2.06 bits per heavy atom. The molecular weight excluding hydrogens is 225 g/mol. The van der Waals surface area contributed by atoms with Crippen LogP contribution in [0.3, 0.4) is 0 Å². The molecule has 0 aliphatic carbocycles. The van der Waals surface area contributed by atoms with Crippen LogP contribution in [0.15, 0.2) is 24.3 Å². The maximum Gasteiger partial charge on any atom is 0.407 e. The molecular formula is C12H16FNO3. The number of halogens is 1. The Hall–Kier alpha value is -1.78. The van der Waals surface area contributed by atoms with Gasteiger partial charge >= 0.3 is 6.09 Å². The smallest absolute Gasteiger partial charge is 0.407 e. The number of hydrogen-bond acceptors (Lipinski definition) is 3. The molecule has 1 amide bonds. The third-order valence-corrected chi connectivity index (χ3v) is 1.95. The molecule has 0 fully saturated rings. The van der Waals surface area contributed by atoms with Crippen molar-refractivity contribution in [2.45, 2.75) is 13.3 Å². The summed E-state index contributed by atoms with van der Waals surface area (Å²) in [5, 5.41) is 2.58. The molecule has 0 saturated carbocycles. The molecule has 1 N–H and O–H groups in total. The fourth-order valence-corrected chi connectivity index (χ4v) is 1.17. The second kappa shape index (κ2) is 7.49. The Kier molecular flexibility index (Phi) is 5.85. The molecule has 1 aromatic rings. The van der Waals surface area contributed by atoms with Gasteiger partial charge in [-0.05, 0) is 37.6 Å². The van der Waals surface area contributed by atoms with Gasteiger partial charge in [0.2, 0.25) is 0 Å². The Bertz CT molecular complexity index is 340. The monoisotopic (exact) mass is 241 g/mol. The number of nitrogens with one attached hydrogen (secondary N) is 1. The van der Waals surface area contributed by atoms with Crippen LogP contribution in [0.1, 0.15) is 13.3 Å². The first kappa shape index (κ1) is 13.3. The lowest BCUT2D eigenvalue weighted by molar-refractivity contribution is 0.151. The third kappa shape index (κ3) is 5.75. The number of carbonyl (C=O) groups is 1. The van der Waals surface area contributed by atoms with E-state index in [2.05, 4.69) is 10.1 Å². The van der Waals surface area contributed by atoms with E-state index in [0.717, 1.165) is 0 Å². The summed E-state index contributed by atoms with van der Waals surface area (Å²) in [7, 11) is 0. The minimum absolute atomic E-state index is 0.290. The van der Waals surface area contributed by atoms with Gasteiger partial charge in [-0.15, -0.1) is 0 Å². The van der Waals surface area contributed by atoms with Gasteiger partial charge in [-0.3, -0.25) is 0 Å². The van der Waals surface area contributed by atoms with Crippen molar-refractivity contribution in [2.75, 3.05) is 19.8 Å². The van der Waals surface area contributed by atoms with Crippen LogP contribution in [-0.2, 0) is 4.74 Å². The second-order valence-electron chi connectivity index (χ2n) is 3.30. The summed E-state index contributed by atoms with van der Waals surface area (Å²) in [4.78, 5) is 10.9. The number of hydrogen-bond donors (Lipinski definition) is 1. The molecule has 0 aliphatic rings. The van der Waals surface area contributed by atoms with Crippen LogP contribution >= 0.6 is 0 Å². The Balaban J connectivity index is 2.08. The molecule has 17 heavy (non-hydrogen) atoms. The summed E-state index contributed by atoms with van der Waals surface area (Å²) < 4.78 is 22.6. The molecule has 0 bridgehead atoms. The number of benzene rings is 1.